The summed E-state index contributed by atoms with van der Waals surface area (Å²) in [5, 5.41) is 3.19. The monoisotopic (exact) mass is 193 g/mol. The number of carbonyl (C=O) groups excluding carboxylic acids is 1. The molecule has 0 unspecified atom stereocenters. The van der Waals surface area contributed by atoms with Crippen molar-refractivity contribution in [1.29, 1.82) is 0 Å². The van der Waals surface area contributed by atoms with Gasteiger partial charge in [-0.15, -0.1) is 0 Å². The first-order valence-electron chi connectivity index (χ1n) is 4.68. The Kier molecular flexibility index (Phi) is 4.64. The average Bonchev–Trinajstić information content (AvgIpc) is 2.18. The Hall–Kier alpha value is -1.42. The first kappa shape index (κ1) is 10.7. The normalized spacial score (nSPS) is 10.0. The summed E-state index contributed by atoms with van der Waals surface area (Å²) in [5.74, 6) is -0.246. The lowest BCUT2D eigenvalue weighted by molar-refractivity contribution is -0.118. The smallest absolute Gasteiger partial charge is 0.217 e. The van der Waals surface area contributed by atoms with E-state index in [2.05, 4.69) is 10.3 Å². The zero-order valence-corrected chi connectivity index (χ0v) is 8.07. The van der Waals surface area contributed by atoms with Gasteiger partial charge in [0.15, 0.2) is 0 Å². The molecule has 0 saturated carbocycles. The van der Waals surface area contributed by atoms with Crippen molar-refractivity contribution in [1.82, 2.24) is 10.3 Å². The minimum Gasteiger partial charge on any atom is -0.370 e. The highest BCUT2D eigenvalue weighted by Gasteiger charge is 1.94. The number of nitrogens with two attached hydrogens (primary N) is 1. The molecule has 0 aliphatic carbocycles. The van der Waals surface area contributed by atoms with Crippen LogP contribution in [0, 0.1) is 0 Å². The Labute approximate surface area is 83.5 Å². The number of carbonyl (C=O) groups is 1. The van der Waals surface area contributed by atoms with Gasteiger partial charge in [0.1, 0.15) is 0 Å². The van der Waals surface area contributed by atoms with Crippen LogP contribution >= 0.6 is 0 Å². The second kappa shape index (κ2) is 6.10. The van der Waals surface area contributed by atoms with E-state index in [1.165, 1.54) is 0 Å². The third-order valence-corrected chi connectivity index (χ3v) is 1.81. The van der Waals surface area contributed by atoms with Crippen LogP contribution < -0.4 is 11.1 Å². The predicted molar refractivity (Wildman–Crippen MR) is 54.4 cm³/mol. The van der Waals surface area contributed by atoms with Crippen molar-refractivity contribution in [2.45, 2.75) is 19.4 Å². The first-order chi connectivity index (χ1) is 6.79. The van der Waals surface area contributed by atoms with E-state index in [1.807, 2.05) is 18.2 Å². The Morgan fingerprint density at radius 1 is 1.50 bits per heavy atom. The van der Waals surface area contributed by atoms with Crippen molar-refractivity contribution in [3.63, 3.8) is 0 Å². The van der Waals surface area contributed by atoms with E-state index in [4.69, 9.17) is 5.73 Å². The van der Waals surface area contributed by atoms with Crippen LogP contribution in [0.25, 0.3) is 0 Å². The lowest BCUT2D eigenvalue weighted by Crippen LogP contribution is -2.18. The third kappa shape index (κ3) is 4.57. The largest absolute Gasteiger partial charge is 0.370 e. The van der Waals surface area contributed by atoms with Gasteiger partial charge in [-0.3, -0.25) is 9.78 Å². The molecule has 0 spiro atoms. The standard InChI is InChI=1S/C10H15N3O/c11-10(14)5-3-6-12-8-9-4-1-2-7-13-9/h1-2,4,7,12H,3,5-6,8H2,(H2,11,14). The highest BCUT2D eigenvalue weighted by molar-refractivity contribution is 5.73. The lowest BCUT2D eigenvalue weighted by atomic mass is 10.3. The van der Waals surface area contributed by atoms with Gasteiger partial charge in [-0.05, 0) is 25.1 Å². The molecule has 0 aliphatic rings. The predicted octanol–water partition coefficient (Wildman–Crippen LogP) is 0.437. The van der Waals surface area contributed by atoms with Gasteiger partial charge in [-0.25, -0.2) is 0 Å². The van der Waals surface area contributed by atoms with Crippen LogP contribution in [0.15, 0.2) is 24.4 Å². The zero-order valence-electron chi connectivity index (χ0n) is 8.07. The maximum atomic E-state index is 10.4. The van der Waals surface area contributed by atoms with Gasteiger partial charge < -0.3 is 11.1 Å². The molecule has 4 heteroatoms. The van der Waals surface area contributed by atoms with Crippen molar-refractivity contribution < 1.29 is 4.79 Å². The molecule has 0 saturated heterocycles. The van der Waals surface area contributed by atoms with Crippen LogP contribution in [0.2, 0.25) is 0 Å². The Balaban J connectivity index is 2.08. The van der Waals surface area contributed by atoms with E-state index in [9.17, 15) is 4.79 Å². The topological polar surface area (TPSA) is 68.0 Å². The molecule has 0 fully saturated rings. The number of aromatic nitrogens is 1. The average molecular weight is 193 g/mol. The van der Waals surface area contributed by atoms with Gasteiger partial charge in [0, 0.05) is 19.2 Å². The molecule has 1 rings (SSSR count). The van der Waals surface area contributed by atoms with Crippen molar-refractivity contribution in [3.8, 4) is 0 Å². The molecular formula is C10H15N3O. The number of pyridine rings is 1. The fraction of sp³-hybridized carbons (Fsp3) is 0.400. The fourth-order valence-electron chi connectivity index (χ4n) is 1.11. The van der Waals surface area contributed by atoms with Crippen LogP contribution in [0.1, 0.15) is 18.5 Å². The molecule has 0 atom stereocenters. The Morgan fingerprint density at radius 3 is 3.00 bits per heavy atom. The highest BCUT2D eigenvalue weighted by Crippen LogP contribution is 1.92. The molecule has 76 valence electrons. The number of hydrogen-bond donors (Lipinski definition) is 2. The van der Waals surface area contributed by atoms with Crippen molar-refractivity contribution in [3.05, 3.63) is 30.1 Å². The van der Waals surface area contributed by atoms with Gasteiger partial charge in [0.2, 0.25) is 5.91 Å². The minimum absolute atomic E-state index is 0.246. The highest BCUT2D eigenvalue weighted by atomic mass is 16.1. The van der Waals surface area contributed by atoms with Gasteiger partial charge >= 0.3 is 0 Å². The summed E-state index contributed by atoms with van der Waals surface area (Å²) in [6, 6.07) is 5.80. The fourth-order valence-corrected chi connectivity index (χ4v) is 1.11. The van der Waals surface area contributed by atoms with Gasteiger partial charge in [-0.2, -0.15) is 0 Å². The van der Waals surface area contributed by atoms with E-state index in [1.54, 1.807) is 6.20 Å². The number of nitrogens with zero attached hydrogens (tertiary/aromatic N) is 1. The molecule has 0 bridgehead atoms. The SMILES string of the molecule is NC(=O)CCCNCc1ccccn1. The summed E-state index contributed by atoms with van der Waals surface area (Å²) in [6.45, 7) is 1.53. The summed E-state index contributed by atoms with van der Waals surface area (Å²) in [6.07, 6.45) is 2.98. The second-order valence-electron chi connectivity index (χ2n) is 3.07. The zero-order chi connectivity index (χ0) is 10.2. The van der Waals surface area contributed by atoms with Crippen LogP contribution in [0.4, 0.5) is 0 Å². The lowest BCUT2D eigenvalue weighted by Gasteiger charge is -2.02. The van der Waals surface area contributed by atoms with E-state index in [-0.39, 0.29) is 5.91 Å². The maximum absolute atomic E-state index is 10.4. The molecule has 0 aliphatic heterocycles. The molecule has 1 heterocycles. The quantitative estimate of drug-likeness (QED) is 0.644. The number of primary amides is 1. The Bertz CT molecular complexity index is 274. The summed E-state index contributed by atoms with van der Waals surface area (Å²) in [7, 11) is 0. The van der Waals surface area contributed by atoms with E-state index in [0.29, 0.717) is 6.42 Å². The van der Waals surface area contributed by atoms with Crippen molar-refractivity contribution in [2.75, 3.05) is 6.54 Å². The van der Waals surface area contributed by atoms with Crippen LogP contribution in [0.3, 0.4) is 0 Å². The van der Waals surface area contributed by atoms with Gasteiger partial charge in [0.05, 0.1) is 5.69 Å². The summed E-state index contributed by atoms with van der Waals surface area (Å²) >= 11 is 0. The van der Waals surface area contributed by atoms with Gasteiger partial charge in [-0.1, -0.05) is 6.07 Å². The molecular weight excluding hydrogens is 178 g/mol. The van der Waals surface area contributed by atoms with E-state index in [0.717, 1.165) is 25.2 Å². The minimum atomic E-state index is -0.246. The number of amides is 1. The summed E-state index contributed by atoms with van der Waals surface area (Å²) in [4.78, 5) is 14.6. The maximum Gasteiger partial charge on any atom is 0.217 e. The van der Waals surface area contributed by atoms with E-state index < -0.39 is 0 Å². The molecule has 1 aromatic rings. The molecule has 4 nitrogen and oxygen atoms in total. The van der Waals surface area contributed by atoms with Crippen LogP contribution in [0.5, 0.6) is 0 Å². The first-order valence-corrected chi connectivity index (χ1v) is 4.68. The molecule has 3 N–H and O–H groups in total. The number of nitrogens with one attached hydrogen (secondary N) is 1. The third-order valence-electron chi connectivity index (χ3n) is 1.81. The molecule has 1 aromatic heterocycles. The summed E-state index contributed by atoms with van der Waals surface area (Å²) < 4.78 is 0. The van der Waals surface area contributed by atoms with Gasteiger partial charge in [0.25, 0.3) is 0 Å². The summed E-state index contributed by atoms with van der Waals surface area (Å²) in [5.41, 5.74) is 6.01. The molecule has 0 aromatic carbocycles. The van der Waals surface area contributed by atoms with E-state index >= 15 is 0 Å². The van der Waals surface area contributed by atoms with Crippen molar-refractivity contribution >= 4 is 5.91 Å². The Morgan fingerprint density at radius 2 is 2.36 bits per heavy atom. The molecule has 1 amide bonds. The molecule has 0 radical (unpaired) electrons. The van der Waals surface area contributed by atoms with Crippen LogP contribution in [-0.2, 0) is 11.3 Å². The number of rotatable bonds is 6. The molecule has 14 heavy (non-hydrogen) atoms. The van der Waals surface area contributed by atoms with Crippen molar-refractivity contribution in [2.24, 2.45) is 5.73 Å². The van der Waals surface area contributed by atoms with Crippen LogP contribution in [-0.4, -0.2) is 17.4 Å². The second-order valence-corrected chi connectivity index (χ2v) is 3.07. The number of hydrogen-bond acceptors (Lipinski definition) is 3.